The summed E-state index contributed by atoms with van der Waals surface area (Å²) in [6, 6.07) is 0. The van der Waals surface area contributed by atoms with E-state index in [1.54, 1.807) is 6.33 Å². The second-order valence-electron chi connectivity index (χ2n) is 6.52. The predicted molar refractivity (Wildman–Crippen MR) is 84.5 cm³/mol. The third-order valence-electron chi connectivity index (χ3n) is 3.74. The number of hydrogen-bond acceptors (Lipinski definition) is 6. The van der Waals surface area contributed by atoms with Crippen molar-refractivity contribution in [3.8, 4) is 0 Å². The molecule has 7 nitrogen and oxygen atoms in total. The number of nitrogens with zero attached hydrogens (tertiary/aromatic N) is 5. The maximum Gasteiger partial charge on any atom is 0.141 e. The Kier molecular flexibility index (Phi) is 6.75. The van der Waals surface area contributed by atoms with Gasteiger partial charge in [0.25, 0.3) is 0 Å². The van der Waals surface area contributed by atoms with E-state index in [2.05, 4.69) is 33.7 Å². The van der Waals surface area contributed by atoms with E-state index in [1.165, 1.54) is 0 Å². The third kappa shape index (κ3) is 5.64. The second kappa shape index (κ2) is 8.57. The highest BCUT2D eigenvalue weighted by Crippen LogP contribution is 2.05. The zero-order chi connectivity index (χ0) is 15.9. The van der Waals surface area contributed by atoms with Gasteiger partial charge in [0, 0.05) is 32.7 Å². The van der Waals surface area contributed by atoms with Gasteiger partial charge < -0.3 is 9.84 Å². The Hall–Kier alpha value is -1.02. The summed E-state index contributed by atoms with van der Waals surface area (Å²) in [7, 11) is 2.01. The molecule has 1 aromatic rings. The van der Waals surface area contributed by atoms with E-state index in [-0.39, 0.29) is 6.10 Å². The summed E-state index contributed by atoms with van der Waals surface area (Å²) in [4.78, 5) is 8.69. The molecule has 1 fully saturated rings. The number of hydrogen-bond donors (Lipinski definition) is 1. The van der Waals surface area contributed by atoms with Crippen LogP contribution in [0.25, 0.3) is 0 Å². The van der Waals surface area contributed by atoms with Crippen molar-refractivity contribution in [2.24, 2.45) is 5.92 Å². The Bertz CT molecular complexity index is 431. The number of ether oxygens (including phenoxy) is 1. The number of aliphatic hydroxyl groups is 1. The van der Waals surface area contributed by atoms with Crippen LogP contribution in [0, 0.1) is 5.92 Å². The highest BCUT2D eigenvalue weighted by molar-refractivity contribution is 4.85. The Morgan fingerprint density at radius 3 is 2.73 bits per heavy atom. The molecule has 7 heteroatoms. The van der Waals surface area contributed by atoms with Crippen LogP contribution in [0.4, 0.5) is 0 Å². The van der Waals surface area contributed by atoms with Gasteiger partial charge in [-0.15, -0.1) is 0 Å². The topological polar surface area (TPSA) is 66.7 Å². The highest BCUT2D eigenvalue weighted by atomic mass is 16.5. The Morgan fingerprint density at radius 1 is 1.32 bits per heavy atom. The van der Waals surface area contributed by atoms with Gasteiger partial charge in [0.2, 0.25) is 0 Å². The summed E-state index contributed by atoms with van der Waals surface area (Å²) in [6.07, 6.45) is 1.25. The van der Waals surface area contributed by atoms with Crippen molar-refractivity contribution >= 4 is 0 Å². The van der Waals surface area contributed by atoms with E-state index in [0.29, 0.717) is 25.6 Å². The van der Waals surface area contributed by atoms with Crippen molar-refractivity contribution in [2.45, 2.75) is 33.0 Å². The van der Waals surface area contributed by atoms with Crippen molar-refractivity contribution < 1.29 is 9.84 Å². The van der Waals surface area contributed by atoms with E-state index in [4.69, 9.17) is 4.74 Å². The minimum Gasteiger partial charge on any atom is -0.390 e. The summed E-state index contributed by atoms with van der Waals surface area (Å²) >= 11 is 0. The molecular formula is C15H29N5O2. The van der Waals surface area contributed by atoms with Crippen molar-refractivity contribution in [2.75, 3.05) is 46.4 Å². The molecule has 1 saturated heterocycles. The summed E-state index contributed by atoms with van der Waals surface area (Å²) in [5.41, 5.74) is 0. The van der Waals surface area contributed by atoms with Gasteiger partial charge in [-0.05, 0) is 13.0 Å². The number of aliphatic hydroxyl groups excluding tert-OH is 1. The van der Waals surface area contributed by atoms with Crippen LogP contribution in [-0.4, -0.2) is 82.2 Å². The lowest BCUT2D eigenvalue weighted by Crippen LogP contribution is -2.44. The van der Waals surface area contributed by atoms with Crippen LogP contribution in [0.5, 0.6) is 0 Å². The number of rotatable bonds is 8. The lowest BCUT2D eigenvalue weighted by Gasteiger charge is -2.30. The Labute approximate surface area is 132 Å². The van der Waals surface area contributed by atoms with Gasteiger partial charge in [0.1, 0.15) is 12.2 Å². The molecular weight excluding hydrogens is 282 g/mol. The lowest BCUT2D eigenvalue weighted by molar-refractivity contribution is 0.00803. The first-order valence-electron chi connectivity index (χ1n) is 8.08. The molecule has 1 aromatic heterocycles. The molecule has 0 saturated carbocycles. The molecule has 1 N–H and O–H groups in total. The van der Waals surface area contributed by atoms with Gasteiger partial charge in [0.05, 0.1) is 25.9 Å². The van der Waals surface area contributed by atoms with E-state index in [1.807, 2.05) is 11.7 Å². The Balaban J connectivity index is 1.77. The number of β-amino-alcohol motifs (C(OH)–C–C–N with tert-alkyl or cyclic N) is 1. The van der Waals surface area contributed by atoms with Crippen LogP contribution in [0.1, 0.15) is 19.7 Å². The van der Waals surface area contributed by atoms with Crippen molar-refractivity contribution in [1.82, 2.24) is 24.6 Å². The second-order valence-corrected chi connectivity index (χ2v) is 6.52. The van der Waals surface area contributed by atoms with E-state index >= 15 is 0 Å². The first-order valence-corrected chi connectivity index (χ1v) is 8.08. The first-order chi connectivity index (χ1) is 10.5. The van der Waals surface area contributed by atoms with Gasteiger partial charge in [0.15, 0.2) is 0 Å². The molecule has 2 heterocycles. The van der Waals surface area contributed by atoms with Crippen molar-refractivity contribution in [3.05, 3.63) is 12.2 Å². The fraction of sp³-hybridized carbons (Fsp3) is 0.867. The maximum atomic E-state index is 10.2. The van der Waals surface area contributed by atoms with Gasteiger partial charge >= 0.3 is 0 Å². The molecule has 1 aliphatic heterocycles. The largest absolute Gasteiger partial charge is 0.390 e. The summed E-state index contributed by atoms with van der Waals surface area (Å²) in [5, 5.41) is 14.5. The normalized spacial score (nSPS) is 18.3. The molecule has 0 aliphatic carbocycles. The molecule has 0 aromatic carbocycles. The number of morpholine rings is 1. The quantitative estimate of drug-likeness (QED) is 0.732. The number of likely N-dealkylation sites (N-methyl/N-ethyl adjacent to an activating group) is 1. The third-order valence-corrected chi connectivity index (χ3v) is 3.74. The summed E-state index contributed by atoms with van der Waals surface area (Å²) in [5.74, 6) is 1.49. The Morgan fingerprint density at radius 2 is 2.05 bits per heavy atom. The molecule has 0 radical (unpaired) electrons. The van der Waals surface area contributed by atoms with Crippen LogP contribution in [0.2, 0.25) is 0 Å². The molecule has 2 rings (SSSR count). The molecule has 0 bridgehead atoms. The smallest absolute Gasteiger partial charge is 0.141 e. The number of aromatic nitrogens is 3. The van der Waals surface area contributed by atoms with Crippen LogP contribution in [0.3, 0.4) is 0 Å². The molecule has 1 unspecified atom stereocenters. The van der Waals surface area contributed by atoms with Crippen LogP contribution >= 0.6 is 0 Å². The molecule has 1 atom stereocenters. The van der Waals surface area contributed by atoms with Crippen LogP contribution in [0.15, 0.2) is 6.33 Å². The zero-order valence-corrected chi connectivity index (χ0v) is 14.0. The SMILES string of the molecule is CC(C)Cn1ncnc1CN(C)CC(O)CN1CCOCC1. The first kappa shape index (κ1) is 17.3. The highest BCUT2D eigenvalue weighted by Gasteiger charge is 2.17. The van der Waals surface area contributed by atoms with E-state index in [0.717, 1.165) is 38.7 Å². The summed E-state index contributed by atoms with van der Waals surface area (Å²) in [6.45, 7) is 10.6. The average molecular weight is 311 g/mol. The maximum absolute atomic E-state index is 10.2. The standard InChI is InChI=1S/C15H29N5O2/c1-13(2)8-20-15(16-12-17-20)11-18(3)9-14(21)10-19-4-6-22-7-5-19/h12-14,21H,4-11H2,1-3H3. The average Bonchev–Trinajstić information content (AvgIpc) is 2.85. The van der Waals surface area contributed by atoms with Gasteiger partial charge in [-0.1, -0.05) is 13.8 Å². The van der Waals surface area contributed by atoms with Gasteiger partial charge in [-0.25, -0.2) is 9.67 Å². The molecule has 0 spiro atoms. The van der Waals surface area contributed by atoms with Crippen LogP contribution in [-0.2, 0) is 17.8 Å². The predicted octanol–water partition coefficient (Wildman–Crippen LogP) is 0.0590. The fourth-order valence-electron chi connectivity index (χ4n) is 2.71. The molecule has 22 heavy (non-hydrogen) atoms. The zero-order valence-electron chi connectivity index (χ0n) is 14.0. The van der Waals surface area contributed by atoms with Gasteiger partial charge in [-0.2, -0.15) is 5.10 Å². The van der Waals surface area contributed by atoms with Crippen molar-refractivity contribution in [1.29, 1.82) is 0 Å². The minimum atomic E-state index is -0.357. The fourth-order valence-corrected chi connectivity index (χ4v) is 2.71. The minimum absolute atomic E-state index is 0.357. The van der Waals surface area contributed by atoms with E-state index < -0.39 is 0 Å². The molecule has 126 valence electrons. The van der Waals surface area contributed by atoms with Crippen molar-refractivity contribution in [3.63, 3.8) is 0 Å². The van der Waals surface area contributed by atoms with Gasteiger partial charge in [-0.3, -0.25) is 9.80 Å². The molecule has 1 aliphatic rings. The summed E-state index contributed by atoms with van der Waals surface area (Å²) < 4.78 is 7.28. The molecule has 0 amide bonds. The van der Waals surface area contributed by atoms with Crippen LogP contribution < -0.4 is 0 Å². The van der Waals surface area contributed by atoms with E-state index in [9.17, 15) is 5.11 Å². The lowest BCUT2D eigenvalue weighted by atomic mass is 10.2. The monoisotopic (exact) mass is 311 g/mol.